The van der Waals surface area contributed by atoms with Gasteiger partial charge in [0.2, 0.25) is 0 Å². The molecule has 0 saturated heterocycles. The molecule has 0 atom stereocenters. The second kappa shape index (κ2) is 8.98. The van der Waals surface area contributed by atoms with Gasteiger partial charge in [-0.2, -0.15) is 0 Å². The molecule has 0 aliphatic heterocycles. The summed E-state index contributed by atoms with van der Waals surface area (Å²) in [5, 5.41) is 3.68. The maximum absolute atomic E-state index is 12.9. The maximum Gasteiger partial charge on any atom is 0.344 e. The highest BCUT2D eigenvalue weighted by Crippen LogP contribution is 2.31. The second-order valence-corrected chi connectivity index (χ2v) is 7.55. The number of carbonyl (C=O) groups is 1. The monoisotopic (exact) mass is 429 g/mol. The molecule has 0 aliphatic carbocycles. The van der Waals surface area contributed by atoms with Crippen LogP contribution in [0.25, 0.3) is 22.1 Å². The van der Waals surface area contributed by atoms with E-state index < -0.39 is 5.63 Å². The van der Waals surface area contributed by atoms with Gasteiger partial charge in [0.05, 0.1) is 24.5 Å². The number of para-hydroxylation sites is 1. The molecule has 3 aromatic carbocycles. The first-order valence-corrected chi connectivity index (χ1v) is 10.2. The van der Waals surface area contributed by atoms with E-state index in [0.29, 0.717) is 39.5 Å². The molecule has 6 heteroatoms. The molecular formula is C26H23NO5. The fourth-order valence-corrected chi connectivity index (χ4v) is 3.41. The molecule has 0 radical (unpaired) electrons. The first-order valence-electron chi connectivity index (χ1n) is 10.2. The zero-order valence-corrected chi connectivity index (χ0v) is 18.0. The third-order valence-electron chi connectivity index (χ3n) is 4.87. The van der Waals surface area contributed by atoms with E-state index >= 15 is 0 Å². The van der Waals surface area contributed by atoms with Crippen molar-refractivity contribution < 1.29 is 18.7 Å². The van der Waals surface area contributed by atoms with Crippen LogP contribution in [0.5, 0.6) is 11.5 Å². The molecule has 4 rings (SSSR count). The molecule has 1 amide bonds. The topological polar surface area (TPSA) is 77.8 Å². The predicted octanol–water partition coefficient (Wildman–Crippen LogP) is 5.51. The predicted molar refractivity (Wildman–Crippen MR) is 125 cm³/mol. The first-order chi connectivity index (χ1) is 15.4. The highest BCUT2D eigenvalue weighted by atomic mass is 16.5. The molecule has 162 valence electrons. The van der Waals surface area contributed by atoms with Gasteiger partial charge in [-0.15, -0.1) is 0 Å². The smallest absolute Gasteiger partial charge is 0.344 e. The Labute approximate surface area is 185 Å². The second-order valence-electron chi connectivity index (χ2n) is 7.55. The number of carbonyl (C=O) groups excluding carboxylic acids is 1. The van der Waals surface area contributed by atoms with Crippen molar-refractivity contribution >= 4 is 22.6 Å². The van der Waals surface area contributed by atoms with E-state index in [-0.39, 0.29) is 12.0 Å². The average Bonchev–Trinajstić information content (AvgIpc) is 2.78. The zero-order valence-electron chi connectivity index (χ0n) is 18.0. The number of nitrogens with one attached hydrogen (secondary N) is 1. The van der Waals surface area contributed by atoms with Gasteiger partial charge in [0.1, 0.15) is 17.1 Å². The molecule has 0 saturated carbocycles. The lowest BCUT2D eigenvalue weighted by atomic mass is 10.0. The van der Waals surface area contributed by atoms with Gasteiger partial charge in [0, 0.05) is 10.9 Å². The lowest BCUT2D eigenvalue weighted by molar-refractivity contribution is 0.102. The van der Waals surface area contributed by atoms with Crippen LogP contribution in [0.15, 0.2) is 82.0 Å². The highest BCUT2D eigenvalue weighted by molar-refractivity contribution is 6.05. The van der Waals surface area contributed by atoms with Crippen molar-refractivity contribution in [2.45, 2.75) is 20.0 Å². The summed E-state index contributed by atoms with van der Waals surface area (Å²) in [7, 11) is 1.52. The number of methoxy groups -OCH3 is 1. The Kier molecular flexibility index (Phi) is 5.94. The van der Waals surface area contributed by atoms with Gasteiger partial charge < -0.3 is 19.2 Å². The van der Waals surface area contributed by atoms with Crippen molar-refractivity contribution in [2.75, 3.05) is 12.4 Å². The molecule has 0 fully saturated rings. The molecule has 1 heterocycles. The summed E-state index contributed by atoms with van der Waals surface area (Å²) in [5.74, 6) is 0.768. The SMILES string of the molecule is COc1ccc(-c2cc3ccccc3oc2=O)cc1NC(=O)c1cccc(OC(C)C)c1. The van der Waals surface area contributed by atoms with Crippen LogP contribution in [0.4, 0.5) is 5.69 Å². The van der Waals surface area contributed by atoms with E-state index in [4.69, 9.17) is 13.9 Å². The van der Waals surface area contributed by atoms with Crippen LogP contribution in [0.2, 0.25) is 0 Å². The average molecular weight is 429 g/mol. The minimum atomic E-state index is -0.454. The van der Waals surface area contributed by atoms with E-state index in [1.807, 2.05) is 32.0 Å². The van der Waals surface area contributed by atoms with Crippen molar-refractivity contribution in [1.82, 2.24) is 0 Å². The maximum atomic E-state index is 12.9. The Morgan fingerprint density at radius 3 is 2.56 bits per heavy atom. The zero-order chi connectivity index (χ0) is 22.7. The van der Waals surface area contributed by atoms with Crippen LogP contribution < -0.4 is 20.4 Å². The van der Waals surface area contributed by atoms with Crippen LogP contribution in [0, 0.1) is 0 Å². The molecule has 4 aromatic rings. The molecule has 0 unspecified atom stereocenters. The number of hydrogen-bond donors (Lipinski definition) is 1. The van der Waals surface area contributed by atoms with E-state index in [2.05, 4.69) is 5.32 Å². The molecule has 32 heavy (non-hydrogen) atoms. The van der Waals surface area contributed by atoms with Crippen LogP contribution in [-0.4, -0.2) is 19.1 Å². The largest absolute Gasteiger partial charge is 0.495 e. The highest BCUT2D eigenvalue weighted by Gasteiger charge is 2.15. The summed E-state index contributed by atoms with van der Waals surface area (Å²) in [6.45, 7) is 3.85. The first kappa shape index (κ1) is 21.2. The summed E-state index contributed by atoms with van der Waals surface area (Å²) in [6.07, 6.45) is -0.00117. The molecular weight excluding hydrogens is 406 g/mol. The van der Waals surface area contributed by atoms with Gasteiger partial charge in [-0.05, 0) is 61.9 Å². The quantitative estimate of drug-likeness (QED) is 0.409. The van der Waals surface area contributed by atoms with Gasteiger partial charge in [0.25, 0.3) is 5.91 Å². The van der Waals surface area contributed by atoms with Gasteiger partial charge >= 0.3 is 5.63 Å². The summed E-state index contributed by atoms with van der Waals surface area (Å²) >= 11 is 0. The third-order valence-corrected chi connectivity index (χ3v) is 4.87. The fraction of sp³-hybridized carbons (Fsp3) is 0.154. The number of rotatable bonds is 6. The van der Waals surface area contributed by atoms with Crippen molar-refractivity contribution in [3.63, 3.8) is 0 Å². The van der Waals surface area contributed by atoms with Crippen molar-refractivity contribution in [3.8, 4) is 22.6 Å². The summed E-state index contributed by atoms with van der Waals surface area (Å²) in [4.78, 5) is 25.5. The lowest BCUT2D eigenvalue weighted by Gasteiger charge is -2.13. The molecule has 0 aliphatic rings. The molecule has 0 bridgehead atoms. The summed E-state index contributed by atoms with van der Waals surface area (Å²) in [5.41, 5.74) is 1.96. The molecule has 1 N–H and O–H groups in total. The van der Waals surface area contributed by atoms with Crippen molar-refractivity contribution in [1.29, 1.82) is 0 Å². The van der Waals surface area contributed by atoms with E-state index in [1.165, 1.54) is 7.11 Å². The van der Waals surface area contributed by atoms with Gasteiger partial charge in [-0.25, -0.2) is 4.79 Å². The van der Waals surface area contributed by atoms with Gasteiger partial charge in [-0.1, -0.05) is 30.3 Å². The Morgan fingerprint density at radius 2 is 1.78 bits per heavy atom. The molecule has 1 aromatic heterocycles. The Balaban J connectivity index is 1.68. The number of fused-ring (bicyclic) bond motifs is 1. The number of benzene rings is 3. The number of amides is 1. The normalized spacial score (nSPS) is 10.9. The van der Waals surface area contributed by atoms with E-state index in [1.54, 1.807) is 54.6 Å². The Hall–Kier alpha value is -4.06. The van der Waals surface area contributed by atoms with Crippen LogP contribution in [-0.2, 0) is 0 Å². The van der Waals surface area contributed by atoms with Crippen molar-refractivity contribution in [2.24, 2.45) is 0 Å². The van der Waals surface area contributed by atoms with Crippen LogP contribution in [0.1, 0.15) is 24.2 Å². The van der Waals surface area contributed by atoms with Gasteiger partial charge in [-0.3, -0.25) is 4.79 Å². The minimum absolute atomic E-state index is 0.00117. The number of anilines is 1. The fourth-order valence-electron chi connectivity index (χ4n) is 3.41. The van der Waals surface area contributed by atoms with Crippen LogP contribution >= 0.6 is 0 Å². The Bertz CT molecular complexity index is 1340. The van der Waals surface area contributed by atoms with E-state index in [9.17, 15) is 9.59 Å². The number of hydrogen-bond acceptors (Lipinski definition) is 5. The standard InChI is InChI=1S/C26H23NO5/c1-16(2)31-20-9-6-8-19(13-20)25(28)27-22-15-17(11-12-24(22)30-3)21-14-18-7-4-5-10-23(18)32-26(21)29/h4-16H,1-3H3,(H,27,28). The third kappa shape index (κ3) is 4.49. The molecule has 0 spiro atoms. The minimum Gasteiger partial charge on any atom is -0.495 e. The number of ether oxygens (including phenoxy) is 2. The lowest BCUT2D eigenvalue weighted by Crippen LogP contribution is -2.14. The van der Waals surface area contributed by atoms with Gasteiger partial charge in [0.15, 0.2) is 0 Å². The summed E-state index contributed by atoms with van der Waals surface area (Å²) < 4.78 is 16.5. The van der Waals surface area contributed by atoms with Crippen LogP contribution in [0.3, 0.4) is 0 Å². The molecule has 6 nitrogen and oxygen atoms in total. The van der Waals surface area contributed by atoms with Crippen molar-refractivity contribution in [3.05, 3.63) is 88.8 Å². The summed E-state index contributed by atoms with van der Waals surface area (Å²) in [6, 6.07) is 21.2. The Morgan fingerprint density at radius 1 is 0.969 bits per heavy atom. The van der Waals surface area contributed by atoms with E-state index in [0.717, 1.165) is 5.39 Å².